The minimum absolute atomic E-state index is 0.511. The van der Waals surface area contributed by atoms with Crippen LogP contribution in [0.2, 0.25) is 5.02 Å². The molecule has 0 aliphatic heterocycles. The minimum Gasteiger partial charge on any atom is -0.375 e. The molecule has 3 nitrogen and oxygen atoms in total. The monoisotopic (exact) mass is 262 g/mol. The first-order valence-electron chi connectivity index (χ1n) is 5.92. The Morgan fingerprint density at radius 3 is 2.72 bits per heavy atom. The molecule has 2 aromatic rings. The third-order valence-electron chi connectivity index (χ3n) is 2.53. The van der Waals surface area contributed by atoms with Crippen molar-refractivity contribution in [2.45, 2.75) is 19.4 Å². The van der Waals surface area contributed by atoms with E-state index in [2.05, 4.69) is 9.97 Å². The molecule has 0 saturated carbocycles. The lowest BCUT2D eigenvalue weighted by atomic mass is 10.1. The van der Waals surface area contributed by atoms with Gasteiger partial charge in [-0.1, -0.05) is 11.6 Å². The number of pyridine rings is 2. The van der Waals surface area contributed by atoms with Gasteiger partial charge >= 0.3 is 0 Å². The highest BCUT2D eigenvalue weighted by Gasteiger charge is 1.97. The van der Waals surface area contributed by atoms with E-state index in [1.54, 1.807) is 12.3 Å². The van der Waals surface area contributed by atoms with Crippen molar-refractivity contribution in [2.75, 3.05) is 6.61 Å². The van der Waals surface area contributed by atoms with Crippen LogP contribution in [0.4, 0.5) is 0 Å². The van der Waals surface area contributed by atoms with Gasteiger partial charge in [0.1, 0.15) is 0 Å². The fourth-order valence-corrected chi connectivity index (χ4v) is 1.81. The number of nitrogens with zero attached hydrogens (tertiary/aromatic N) is 2. The van der Waals surface area contributed by atoms with Crippen molar-refractivity contribution >= 4 is 11.6 Å². The molecule has 0 aliphatic carbocycles. The Hall–Kier alpha value is -1.45. The number of hydrogen-bond acceptors (Lipinski definition) is 3. The van der Waals surface area contributed by atoms with E-state index in [1.807, 2.05) is 30.6 Å². The molecule has 94 valence electrons. The van der Waals surface area contributed by atoms with Crippen molar-refractivity contribution < 1.29 is 4.74 Å². The van der Waals surface area contributed by atoms with E-state index < -0.39 is 0 Å². The molecule has 0 N–H and O–H groups in total. The SMILES string of the molecule is Clc1ccnc(COCCCc2ccncc2)c1. The molecular weight excluding hydrogens is 248 g/mol. The number of aryl methyl sites for hydroxylation is 1. The average molecular weight is 263 g/mol. The highest BCUT2D eigenvalue weighted by atomic mass is 35.5. The minimum atomic E-state index is 0.511. The van der Waals surface area contributed by atoms with Crippen LogP contribution < -0.4 is 0 Å². The van der Waals surface area contributed by atoms with E-state index in [9.17, 15) is 0 Å². The zero-order valence-electron chi connectivity index (χ0n) is 10.1. The summed E-state index contributed by atoms with van der Waals surface area (Å²) in [6, 6.07) is 7.63. The summed E-state index contributed by atoms with van der Waals surface area (Å²) in [4.78, 5) is 8.16. The van der Waals surface area contributed by atoms with Crippen LogP contribution in [0.25, 0.3) is 0 Å². The standard InChI is InChI=1S/C14H15ClN2O/c15-13-5-8-17-14(10-13)11-18-9-1-2-12-3-6-16-7-4-12/h3-8,10H,1-2,9,11H2. The summed E-state index contributed by atoms with van der Waals surface area (Å²) in [6.45, 7) is 1.23. The molecule has 18 heavy (non-hydrogen) atoms. The van der Waals surface area contributed by atoms with Crippen LogP contribution in [0, 0.1) is 0 Å². The predicted octanol–water partition coefficient (Wildman–Crippen LogP) is 3.28. The number of halogens is 1. The van der Waals surface area contributed by atoms with Crippen LogP contribution in [0.15, 0.2) is 42.9 Å². The molecule has 2 heterocycles. The van der Waals surface area contributed by atoms with Gasteiger partial charge in [-0.05, 0) is 42.7 Å². The highest BCUT2D eigenvalue weighted by molar-refractivity contribution is 6.30. The van der Waals surface area contributed by atoms with Crippen molar-refractivity contribution in [1.82, 2.24) is 9.97 Å². The van der Waals surface area contributed by atoms with Crippen molar-refractivity contribution in [3.05, 3.63) is 59.1 Å². The summed E-state index contributed by atoms with van der Waals surface area (Å²) in [6.07, 6.45) is 7.31. The Morgan fingerprint density at radius 2 is 1.94 bits per heavy atom. The number of rotatable bonds is 6. The van der Waals surface area contributed by atoms with Crippen molar-refractivity contribution in [1.29, 1.82) is 0 Å². The third-order valence-corrected chi connectivity index (χ3v) is 2.77. The molecule has 0 amide bonds. The average Bonchev–Trinajstić information content (AvgIpc) is 2.40. The van der Waals surface area contributed by atoms with Gasteiger partial charge in [-0.3, -0.25) is 9.97 Å². The second-order valence-electron chi connectivity index (χ2n) is 3.98. The van der Waals surface area contributed by atoms with Crippen LogP contribution >= 0.6 is 11.6 Å². The molecule has 0 saturated heterocycles. The van der Waals surface area contributed by atoms with E-state index in [1.165, 1.54) is 5.56 Å². The van der Waals surface area contributed by atoms with Crippen LogP contribution in [0.1, 0.15) is 17.7 Å². The maximum Gasteiger partial charge on any atom is 0.0888 e. The van der Waals surface area contributed by atoms with Crippen LogP contribution in [0.5, 0.6) is 0 Å². The Labute approximate surface area is 112 Å². The molecule has 0 bridgehead atoms. The van der Waals surface area contributed by atoms with Gasteiger partial charge < -0.3 is 4.74 Å². The van der Waals surface area contributed by atoms with Gasteiger partial charge in [0.15, 0.2) is 0 Å². The summed E-state index contributed by atoms with van der Waals surface area (Å²) in [5, 5.41) is 0.695. The van der Waals surface area contributed by atoms with Crippen molar-refractivity contribution in [3.63, 3.8) is 0 Å². The fraction of sp³-hybridized carbons (Fsp3) is 0.286. The Morgan fingerprint density at radius 1 is 1.11 bits per heavy atom. The molecule has 0 atom stereocenters. The first kappa shape index (κ1) is 13.0. The first-order valence-corrected chi connectivity index (χ1v) is 6.29. The highest BCUT2D eigenvalue weighted by Crippen LogP contribution is 2.09. The second kappa shape index (κ2) is 7.09. The second-order valence-corrected chi connectivity index (χ2v) is 4.41. The lowest BCUT2D eigenvalue weighted by Gasteiger charge is -2.04. The fourth-order valence-electron chi connectivity index (χ4n) is 1.63. The summed E-state index contributed by atoms with van der Waals surface area (Å²) in [7, 11) is 0. The normalized spacial score (nSPS) is 10.5. The van der Waals surface area contributed by atoms with Gasteiger partial charge in [-0.2, -0.15) is 0 Å². The Balaban J connectivity index is 1.65. The van der Waals surface area contributed by atoms with Gasteiger partial charge in [0.2, 0.25) is 0 Å². The van der Waals surface area contributed by atoms with E-state index in [0.717, 1.165) is 25.1 Å². The molecule has 0 unspecified atom stereocenters. The molecule has 0 aromatic carbocycles. The van der Waals surface area contributed by atoms with Gasteiger partial charge in [0.05, 0.1) is 12.3 Å². The van der Waals surface area contributed by atoms with Gasteiger partial charge in [0.25, 0.3) is 0 Å². The van der Waals surface area contributed by atoms with Crippen LogP contribution in [0.3, 0.4) is 0 Å². The number of ether oxygens (including phenoxy) is 1. The zero-order chi connectivity index (χ0) is 12.6. The van der Waals surface area contributed by atoms with Gasteiger partial charge in [-0.15, -0.1) is 0 Å². The predicted molar refractivity (Wildman–Crippen MR) is 71.5 cm³/mol. The summed E-state index contributed by atoms with van der Waals surface area (Å²) >= 11 is 5.86. The molecule has 4 heteroatoms. The van der Waals surface area contributed by atoms with E-state index in [4.69, 9.17) is 16.3 Å². The largest absolute Gasteiger partial charge is 0.375 e. The number of aromatic nitrogens is 2. The molecule has 0 radical (unpaired) electrons. The Bertz CT molecular complexity index is 476. The number of hydrogen-bond donors (Lipinski definition) is 0. The topological polar surface area (TPSA) is 35.0 Å². The lowest BCUT2D eigenvalue weighted by Crippen LogP contribution is -1.99. The van der Waals surface area contributed by atoms with E-state index in [0.29, 0.717) is 11.6 Å². The summed E-state index contributed by atoms with van der Waals surface area (Å²) in [5.74, 6) is 0. The maximum absolute atomic E-state index is 5.86. The maximum atomic E-state index is 5.86. The van der Waals surface area contributed by atoms with Gasteiger partial charge in [0, 0.05) is 30.2 Å². The van der Waals surface area contributed by atoms with Crippen LogP contribution in [-0.4, -0.2) is 16.6 Å². The molecule has 2 aromatic heterocycles. The lowest BCUT2D eigenvalue weighted by molar-refractivity contribution is 0.116. The zero-order valence-corrected chi connectivity index (χ0v) is 10.8. The molecule has 2 rings (SSSR count). The van der Waals surface area contributed by atoms with E-state index in [-0.39, 0.29) is 0 Å². The van der Waals surface area contributed by atoms with Crippen molar-refractivity contribution in [3.8, 4) is 0 Å². The molecular formula is C14H15ClN2O. The van der Waals surface area contributed by atoms with Crippen molar-refractivity contribution in [2.24, 2.45) is 0 Å². The quantitative estimate of drug-likeness (QED) is 0.750. The summed E-state index contributed by atoms with van der Waals surface area (Å²) in [5.41, 5.74) is 2.15. The first-order chi connectivity index (χ1) is 8.84. The van der Waals surface area contributed by atoms with Gasteiger partial charge in [-0.25, -0.2) is 0 Å². The third kappa shape index (κ3) is 4.43. The molecule has 0 fully saturated rings. The van der Waals surface area contributed by atoms with Crippen LogP contribution in [-0.2, 0) is 17.8 Å². The summed E-state index contributed by atoms with van der Waals surface area (Å²) < 4.78 is 5.56. The molecule has 0 spiro atoms. The van der Waals surface area contributed by atoms with E-state index >= 15 is 0 Å². The molecule has 0 aliphatic rings. The Kier molecular flexibility index (Phi) is 5.12. The smallest absolute Gasteiger partial charge is 0.0888 e.